The number of nitrogens with zero attached hydrogens (tertiary/aromatic N) is 3. The van der Waals surface area contributed by atoms with Gasteiger partial charge in [-0.15, -0.1) is 0 Å². The summed E-state index contributed by atoms with van der Waals surface area (Å²) < 4.78 is 23.0. The van der Waals surface area contributed by atoms with Crippen LogP contribution in [0.2, 0.25) is 0 Å². The highest BCUT2D eigenvalue weighted by molar-refractivity contribution is 7.99. The lowest BCUT2D eigenvalue weighted by molar-refractivity contribution is 0.589. The average molecular weight is 794 g/mol. The van der Waals surface area contributed by atoms with Crippen LogP contribution in [0, 0.1) is 0 Å². The van der Waals surface area contributed by atoms with Crippen molar-refractivity contribution in [1.82, 2.24) is 15.0 Å². The quantitative estimate of drug-likeness (QED) is 0.165. The van der Waals surface area contributed by atoms with Crippen LogP contribution in [0.4, 0.5) is 0 Å². The predicted molar refractivity (Wildman–Crippen MR) is 239 cm³/mol. The molecule has 0 aliphatic carbocycles. The van der Waals surface area contributed by atoms with E-state index in [1.807, 2.05) is 79.1 Å². The Morgan fingerprint density at radius 2 is 1.17 bits per heavy atom. The fourth-order valence-electron chi connectivity index (χ4n) is 9.40. The number of fused-ring (bicyclic) bond motifs is 11. The first kappa shape index (κ1) is 34.2. The second kappa shape index (κ2) is 13.1. The molecule has 6 heterocycles. The van der Waals surface area contributed by atoms with E-state index in [0.717, 1.165) is 98.0 Å². The van der Waals surface area contributed by atoms with Gasteiger partial charge < -0.3 is 8.98 Å². The highest BCUT2D eigenvalue weighted by Gasteiger charge is 2.54. The Labute approximate surface area is 344 Å². The number of hydrogen-bond donors (Lipinski definition) is 0. The largest absolute Gasteiger partial charge is 0.456 e. The fourth-order valence-corrected chi connectivity index (χ4v) is 13.8. The summed E-state index contributed by atoms with van der Waals surface area (Å²) in [5.41, 5.74) is 10.8. The Morgan fingerprint density at radius 1 is 0.475 bits per heavy atom. The fraction of sp³-hybridized carbons (Fsp3) is 0.0192. The summed E-state index contributed by atoms with van der Waals surface area (Å²) in [5, 5.41) is 4.49. The SMILES string of the molecule is O=P1(c2ccccc2)c2ccccc2C2(c3ccccc3Sc3cc(-c4cc(-c5cccnc5)cc(-c5cccnc5)n4)ccc32)c2cc3c(cc21)oc1ccccc13. The summed E-state index contributed by atoms with van der Waals surface area (Å²) in [6, 6.07) is 58.7. The van der Waals surface area contributed by atoms with Gasteiger partial charge in [-0.2, -0.15) is 0 Å². The molecule has 278 valence electrons. The Morgan fingerprint density at radius 3 is 1.98 bits per heavy atom. The molecule has 0 fully saturated rings. The number of rotatable bonds is 4. The number of hydrogen-bond acceptors (Lipinski definition) is 6. The molecule has 2 unspecified atom stereocenters. The number of aromatic nitrogens is 3. The lowest BCUT2D eigenvalue weighted by Gasteiger charge is -2.47. The van der Waals surface area contributed by atoms with Crippen LogP contribution in [0.15, 0.2) is 209 Å². The van der Waals surface area contributed by atoms with Crippen molar-refractivity contribution in [2.75, 3.05) is 0 Å². The van der Waals surface area contributed by atoms with Crippen molar-refractivity contribution >= 4 is 56.8 Å². The number of pyridine rings is 3. The second-order valence-electron chi connectivity index (χ2n) is 15.1. The molecular formula is C52H32N3O2PS. The van der Waals surface area contributed by atoms with Crippen LogP contribution < -0.4 is 15.9 Å². The van der Waals surface area contributed by atoms with Gasteiger partial charge in [0.2, 0.25) is 0 Å². The first-order valence-corrected chi connectivity index (χ1v) is 22.1. The van der Waals surface area contributed by atoms with Crippen molar-refractivity contribution in [3.05, 3.63) is 217 Å². The van der Waals surface area contributed by atoms with Crippen LogP contribution in [0.1, 0.15) is 22.3 Å². The molecule has 6 aromatic carbocycles. The summed E-state index contributed by atoms with van der Waals surface area (Å²) in [6.07, 6.45) is 7.32. The Hall–Kier alpha value is -6.85. The molecule has 2 aliphatic rings. The van der Waals surface area contributed by atoms with Crippen LogP contribution in [-0.2, 0) is 9.98 Å². The first-order valence-electron chi connectivity index (χ1n) is 19.6. The summed E-state index contributed by atoms with van der Waals surface area (Å²) >= 11 is 1.78. The summed E-state index contributed by atoms with van der Waals surface area (Å²) in [7, 11) is -3.42. The zero-order valence-corrected chi connectivity index (χ0v) is 33.2. The van der Waals surface area contributed by atoms with E-state index in [1.54, 1.807) is 24.2 Å². The van der Waals surface area contributed by atoms with Gasteiger partial charge in [0.15, 0.2) is 7.14 Å². The maximum Gasteiger partial charge on any atom is 0.171 e. The zero-order valence-electron chi connectivity index (χ0n) is 31.5. The van der Waals surface area contributed by atoms with E-state index in [0.29, 0.717) is 0 Å². The Kier molecular flexibility index (Phi) is 7.59. The minimum atomic E-state index is -3.42. The van der Waals surface area contributed by atoms with E-state index in [4.69, 9.17) is 9.40 Å². The molecule has 2 aliphatic heterocycles. The van der Waals surface area contributed by atoms with Gasteiger partial charge >= 0.3 is 0 Å². The van der Waals surface area contributed by atoms with E-state index in [9.17, 15) is 0 Å². The molecule has 0 amide bonds. The smallest absolute Gasteiger partial charge is 0.171 e. The summed E-state index contributed by atoms with van der Waals surface area (Å²) in [4.78, 5) is 16.4. The van der Waals surface area contributed by atoms with Gasteiger partial charge in [-0.3, -0.25) is 9.97 Å². The van der Waals surface area contributed by atoms with Gasteiger partial charge in [0.05, 0.1) is 16.8 Å². The lowest BCUT2D eigenvalue weighted by atomic mass is 9.64. The molecule has 0 N–H and O–H groups in total. The third-order valence-corrected chi connectivity index (χ3v) is 16.3. The van der Waals surface area contributed by atoms with Gasteiger partial charge in [0.25, 0.3) is 0 Å². The molecule has 10 aromatic rings. The Bertz CT molecular complexity index is 3290. The number of para-hydroxylation sites is 1. The van der Waals surface area contributed by atoms with Crippen molar-refractivity contribution < 1.29 is 8.98 Å². The van der Waals surface area contributed by atoms with Crippen LogP contribution >= 0.6 is 18.9 Å². The van der Waals surface area contributed by atoms with Crippen LogP contribution in [0.25, 0.3) is 55.6 Å². The molecule has 0 bridgehead atoms. The molecule has 12 rings (SSSR count). The normalized spacial score (nSPS) is 17.6. The second-order valence-corrected chi connectivity index (χ2v) is 18.9. The third-order valence-electron chi connectivity index (χ3n) is 12.0. The van der Waals surface area contributed by atoms with Gasteiger partial charge in [0, 0.05) is 78.0 Å². The maximum atomic E-state index is 16.5. The van der Waals surface area contributed by atoms with E-state index >= 15 is 4.57 Å². The first-order chi connectivity index (χ1) is 29.1. The van der Waals surface area contributed by atoms with Crippen LogP contribution in [-0.4, -0.2) is 15.0 Å². The van der Waals surface area contributed by atoms with E-state index in [2.05, 4.69) is 113 Å². The van der Waals surface area contributed by atoms with Crippen molar-refractivity contribution in [2.24, 2.45) is 0 Å². The summed E-state index contributed by atoms with van der Waals surface area (Å²) in [5.74, 6) is 0. The molecule has 7 heteroatoms. The van der Waals surface area contributed by atoms with Gasteiger partial charge in [0.1, 0.15) is 11.2 Å². The summed E-state index contributed by atoms with van der Waals surface area (Å²) in [6.45, 7) is 0. The van der Waals surface area contributed by atoms with Crippen LogP contribution in [0.5, 0.6) is 0 Å². The molecule has 1 spiro atoms. The Balaban J connectivity index is 1.17. The van der Waals surface area contributed by atoms with Crippen molar-refractivity contribution in [3.8, 4) is 33.6 Å². The van der Waals surface area contributed by atoms with Crippen LogP contribution in [0.3, 0.4) is 0 Å². The van der Waals surface area contributed by atoms with E-state index in [-0.39, 0.29) is 0 Å². The zero-order chi connectivity index (χ0) is 39.1. The average Bonchev–Trinajstić information content (AvgIpc) is 3.68. The monoisotopic (exact) mass is 793 g/mol. The standard InChI is InChI=1S/C52H32N3O2PS/c56-58(37-14-2-1-3-15-37)48-20-8-5-17-40(48)52(43-29-39-38-16-4-7-19-46(38)57-47(39)30-49(43)58)41-18-6-9-21-50(41)59-51-28-33(22-23-42(51)52)44-26-36(34-12-10-24-53-31-34)27-45(55-44)35-13-11-25-54-32-35/h1-32H. The predicted octanol–water partition coefficient (Wildman–Crippen LogP) is 11.6. The molecule has 0 saturated heterocycles. The molecule has 59 heavy (non-hydrogen) atoms. The van der Waals surface area contributed by atoms with Crippen molar-refractivity contribution in [1.29, 1.82) is 0 Å². The minimum absolute atomic E-state index is 0.730. The molecule has 4 aromatic heterocycles. The molecular weight excluding hydrogens is 762 g/mol. The van der Waals surface area contributed by atoms with Crippen molar-refractivity contribution in [2.45, 2.75) is 15.2 Å². The number of benzene rings is 6. The molecule has 2 atom stereocenters. The van der Waals surface area contributed by atoms with Gasteiger partial charge in [-0.05, 0) is 88.5 Å². The third kappa shape index (κ3) is 5.00. The van der Waals surface area contributed by atoms with Gasteiger partial charge in [-0.25, -0.2) is 4.98 Å². The highest BCUT2D eigenvalue weighted by Crippen LogP contribution is 2.62. The van der Waals surface area contributed by atoms with Gasteiger partial charge in [-0.1, -0.05) is 121 Å². The highest BCUT2D eigenvalue weighted by atomic mass is 32.2. The van der Waals surface area contributed by atoms with E-state index < -0.39 is 12.6 Å². The molecule has 5 nitrogen and oxygen atoms in total. The molecule has 0 saturated carbocycles. The van der Waals surface area contributed by atoms with E-state index in [1.165, 1.54) is 5.56 Å². The lowest BCUT2D eigenvalue weighted by Crippen LogP contribution is -2.48. The molecule has 0 radical (unpaired) electrons. The maximum absolute atomic E-state index is 16.5. The van der Waals surface area contributed by atoms with Crippen molar-refractivity contribution in [3.63, 3.8) is 0 Å². The number of furan rings is 1. The minimum Gasteiger partial charge on any atom is -0.456 e. The topological polar surface area (TPSA) is 68.9 Å².